The van der Waals surface area contributed by atoms with E-state index in [1.165, 1.54) is 0 Å². The summed E-state index contributed by atoms with van der Waals surface area (Å²) < 4.78 is 22.6. The van der Waals surface area contributed by atoms with Crippen LogP contribution < -0.4 is 10.1 Å². The van der Waals surface area contributed by atoms with Crippen LogP contribution in [0.2, 0.25) is 0 Å². The zero-order chi connectivity index (χ0) is 18.3. The number of hydrogen-bond acceptors (Lipinski definition) is 6. The fourth-order valence-corrected chi connectivity index (χ4v) is 2.60. The van der Waals surface area contributed by atoms with Gasteiger partial charge in [0.1, 0.15) is 18.0 Å². The Morgan fingerprint density at radius 3 is 2.60 bits per heavy atom. The van der Waals surface area contributed by atoms with Gasteiger partial charge in [-0.15, -0.1) is 0 Å². The fraction of sp³-hybridized carbons (Fsp3) is 0.611. The first kappa shape index (κ1) is 19.5. The number of amides is 1. The van der Waals surface area contributed by atoms with Crippen LogP contribution in [0, 0.1) is 0 Å². The molecular weight excluding hydrogens is 326 g/mol. The number of hydrogen-bond donors (Lipinski definition) is 2. The van der Waals surface area contributed by atoms with Crippen LogP contribution >= 0.6 is 0 Å². The molecule has 2 N–H and O–H groups in total. The van der Waals surface area contributed by atoms with E-state index in [1.807, 2.05) is 39.0 Å². The third-order valence-corrected chi connectivity index (χ3v) is 3.52. The molecule has 25 heavy (non-hydrogen) atoms. The minimum absolute atomic E-state index is 0.0801. The van der Waals surface area contributed by atoms with Gasteiger partial charge in [-0.05, 0) is 32.9 Å². The predicted octanol–water partition coefficient (Wildman–Crippen LogP) is 2.17. The van der Waals surface area contributed by atoms with Crippen molar-refractivity contribution in [3.05, 3.63) is 29.8 Å². The molecule has 0 spiro atoms. The molecule has 2 rings (SSSR count). The van der Waals surface area contributed by atoms with Crippen LogP contribution in [-0.4, -0.2) is 49.8 Å². The largest absolute Gasteiger partial charge is 0.491 e. The van der Waals surface area contributed by atoms with Crippen molar-refractivity contribution in [2.75, 3.05) is 33.0 Å². The maximum absolute atomic E-state index is 11.8. The number of alkyl carbamates (subject to hydrolysis) is 1. The molecule has 7 heteroatoms. The lowest BCUT2D eigenvalue weighted by Gasteiger charge is -2.30. The lowest BCUT2D eigenvalue weighted by Crippen LogP contribution is -2.37. The molecule has 0 unspecified atom stereocenters. The molecule has 0 atom stereocenters. The minimum Gasteiger partial charge on any atom is -0.491 e. The maximum Gasteiger partial charge on any atom is 0.407 e. The summed E-state index contributed by atoms with van der Waals surface area (Å²) >= 11 is 0. The number of ether oxygens (including phenoxy) is 4. The number of nitrogens with one attached hydrogen (secondary N) is 1. The van der Waals surface area contributed by atoms with E-state index in [-0.39, 0.29) is 13.2 Å². The highest BCUT2D eigenvalue weighted by molar-refractivity contribution is 5.67. The van der Waals surface area contributed by atoms with Crippen molar-refractivity contribution in [2.45, 2.75) is 38.6 Å². The monoisotopic (exact) mass is 353 g/mol. The van der Waals surface area contributed by atoms with Crippen molar-refractivity contribution >= 4 is 6.09 Å². The molecule has 7 nitrogen and oxygen atoms in total. The summed E-state index contributed by atoms with van der Waals surface area (Å²) in [6.45, 7) is 6.78. The molecule has 1 aliphatic rings. The smallest absolute Gasteiger partial charge is 0.407 e. The Balaban J connectivity index is 2.05. The normalized spacial score (nSPS) is 16.5. The van der Waals surface area contributed by atoms with E-state index < -0.39 is 17.5 Å². The van der Waals surface area contributed by atoms with Gasteiger partial charge in [0.05, 0.1) is 25.4 Å². The Bertz CT molecular complexity index is 563. The van der Waals surface area contributed by atoms with E-state index in [2.05, 4.69) is 5.32 Å². The summed E-state index contributed by atoms with van der Waals surface area (Å²) in [4.78, 5) is 11.8. The molecule has 1 aliphatic heterocycles. The third-order valence-electron chi connectivity index (χ3n) is 3.52. The average molecular weight is 353 g/mol. The van der Waals surface area contributed by atoms with Gasteiger partial charge in [-0.3, -0.25) is 0 Å². The lowest BCUT2D eigenvalue weighted by molar-refractivity contribution is -0.170. The van der Waals surface area contributed by atoms with Crippen molar-refractivity contribution in [3.8, 4) is 5.75 Å². The molecule has 1 saturated heterocycles. The average Bonchev–Trinajstić information content (AvgIpc) is 3.01. The van der Waals surface area contributed by atoms with Gasteiger partial charge in [-0.25, -0.2) is 4.79 Å². The number of rotatable bonds is 7. The predicted molar refractivity (Wildman–Crippen MR) is 91.5 cm³/mol. The third kappa shape index (κ3) is 5.59. The van der Waals surface area contributed by atoms with Gasteiger partial charge >= 0.3 is 6.09 Å². The number of aliphatic hydroxyl groups is 1. The first-order valence-corrected chi connectivity index (χ1v) is 8.44. The zero-order valence-electron chi connectivity index (χ0n) is 15.0. The highest BCUT2D eigenvalue weighted by Gasteiger charge is 2.40. The SMILES string of the molecule is CC(C)(C)OC(=O)NCCC1(c2ccccc2OCCO)OCCO1. The Kier molecular flexibility index (Phi) is 6.64. The molecule has 1 aromatic carbocycles. The molecule has 0 radical (unpaired) electrons. The van der Waals surface area contributed by atoms with E-state index in [1.54, 1.807) is 6.07 Å². The van der Waals surface area contributed by atoms with Crippen LogP contribution in [0.1, 0.15) is 32.8 Å². The quantitative estimate of drug-likeness (QED) is 0.781. The van der Waals surface area contributed by atoms with Gasteiger partial charge in [0.25, 0.3) is 0 Å². The second-order valence-corrected chi connectivity index (χ2v) is 6.70. The number of aliphatic hydroxyl groups excluding tert-OH is 1. The van der Waals surface area contributed by atoms with Crippen LogP contribution in [0.25, 0.3) is 0 Å². The highest BCUT2D eigenvalue weighted by atomic mass is 16.7. The van der Waals surface area contributed by atoms with Crippen LogP contribution in [0.15, 0.2) is 24.3 Å². The molecule has 0 aromatic heterocycles. The van der Waals surface area contributed by atoms with Gasteiger partial charge < -0.3 is 29.4 Å². The number of benzene rings is 1. The molecule has 1 aromatic rings. The Labute approximate surface area is 148 Å². The van der Waals surface area contributed by atoms with E-state index in [0.29, 0.717) is 31.9 Å². The van der Waals surface area contributed by atoms with Gasteiger partial charge in [-0.2, -0.15) is 0 Å². The highest BCUT2D eigenvalue weighted by Crippen LogP contribution is 2.39. The molecule has 1 fully saturated rings. The molecule has 0 bridgehead atoms. The van der Waals surface area contributed by atoms with E-state index in [0.717, 1.165) is 5.56 Å². The van der Waals surface area contributed by atoms with Gasteiger partial charge in [-0.1, -0.05) is 12.1 Å². The summed E-state index contributed by atoms with van der Waals surface area (Å²) in [7, 11) is 0. The molecule has 1 amide bonds. The molecule has 1 heterocycles. The second-order valence-electron chi connectivity index (χ2n) is 6.70. The zero-order valence-corrected chi connectivity index (χ0v) is 15.0. The van der Waals surface area contributed by atoms with E-state index in [9.17, 15) is 4.79 Å². The summed E-state index contributed by atoms with van der Waals surface area (Å²) in [5.74, 6) is -0.392. The molecule has 0 saturated carbocycles. The van der Waals surface area contributed by atoms with E-state index in [4.69, 9.17) is 24.1 Å². The van der Waals surface area contributed by atoms with Gasteiger partial charge in [0.2, 0.25) is 0 Å². The van der Waals surface area contributed by atoms with Crippen LogP contribution in [-0.2, 0) is 20.0 Å². The Hall–Kier alpha value is -1.83. The fourth-order valence-electron chi connectivity index (χ4n) is 2.60. The minimum atomic E-state index is -0.985. The van der Waals surface area contributed by atoms with Gasteiger partial charge in [0.15, 0.2) is 5.79 Å². The molecule has 0 aliphatic carbocycles. The van der Waals surface area contributed by atoms with Crippen molar-refractivity contribution in [2.24, 2.45) is 0 Å². The summed E-state index contributed by atoms with van der Waals surface area (Å²) in [6.07, 6.45) is -0.0726. The lowest BCUT2D eigenvalue weighted by atomic mass is 10.0. The number of carbonyl (C=O) groups is 1. The molecular formula is C18H27NO6. The first-order chi connectivity index (χ1) is 11.9. The van der Waals surface area contributed by atoms with Crippen molar-refractivity contribution in [1.29, 1.82) is 0 Å². The number of para-hydroxylation sites is 1. The van der Waals surface area contributed by atoms with Crippen molar-refractivity contribution < 1.29 is 28.8 Å². The number of carbonyl (C=O) groups excluding carboxylic acids is 1. The standard InChI is InChI=1S/C18H27NO6/c1-17(2,3)25-16(21)19-9-8-18(23-12-13-24-18)14-6-4-5-7-15(14)22-11-10-20/h4-7,20H,8-13H2,1-3H3,(H,19,21). The topological polar surface area (TPSA) is 86.3 Å². The van der Waals surface area contributed by atoms with E-state index >= 15 is 0 Å². The second kappa shape index (κ2) is 8.51. The maximum atomic E-state index is 11.8. The summed E-state index contributed by atoms with van der Waals surface area (Å²) in [6, 6.07) is 7.39. The first-order valence-electron chi connectivity index (χ1n) is 8.44. The van der Waals surface area contributed by atoms with Crippen LogP contribution in [0.4, 0.5) is 4.79 Å². The molecule has 140 valence electrons. The van der Waals surface area contributed by atoms with Crippen molar-refractivity contribution in [3.63, 3.8) is 0 Å². The summed E-state index contributed by atoms with van der Waals surface area (Å²) in [5.41, 5.74) is 0.194. The van der Waals surface area contributed by atoms with Crippen LogP contribution in [0.3, 0.4) is 0 Å². The summed E-state index contributed by atoms with van der Waals surface area (Å²) in [5, 5.41) is 11.7. The Morgan fingerprint density at radius 2 is 1.96 bits per heavy atom. The van der Waals surface area contributed by atoms with Gasteiger partial charge in [0, 0.05) is 13.0 Å². The van der Waals surface area contributed by atoms with Crippen LogP contribution in [0.5, 0.6) is 5.75 Å². The Morgan fingerprint density at radius 1 is 1.28 bits per heavy atom. The van der Waals surface area contributed by atoms with Crippen molar-refractivity contribution in [1.82, 2.24) is 5.32 Å².